The number of esters is 3. The van der Waals surface area contributed by atoms with E-state index in [2.05, 4.69) is 32.9 Å². The standard InChI is InChI=1S/C52H98O6/c1-4-7-10-13-16-19-22-25-26-28-30-33-36-39-42-45-51(54)57-48-49(47-56-50(53)44-41-38-35-32-29-24-21-18-15-12-9-6-3)58-52(55)46-43-40-37-34-31-27-23-20-17-14-11-8-5-2/h25-26,49H,4-24,27-48H2,1-3H3/b26-25-/t49-/m1/s1. The van der Waals surface area contributed by atoms with Crippen molar-refractivity contribution < 1.29 is 28.6 Å². The Balaban J connectivity index is 4.33. The topological polar surface area (TPSA) is 78.9 Å². The first-order chi connectivity index (χ1) is 28.5. The minimum atomic E-state index is -0.765. The minimum Gasteiger partial charge on any atom is -0.462 e. The summed E-state index contributed by atoms with van der Waals surface area (Å²) in [5, 5.41) is 0. The first kappa shape index (κ1) is 56.1. The molecule has 0 aliphatic rings. The highest BCUT2D eigenvalue weighted by Crippen LogP contribution is 2.16. The molecule has 0 N–H and O–H groups in total. The van der Waals surface area contributed by atoms with Crippen LogP contribution in [0.5, 0.6) is 0 Å². The average Bonchev–Trinajstić information content (AvgIpc) is 3.22. The Morgan fingerprint density at radius 3 is 0.862 bits per heavy atom. The van der Waals surface area contributed by atoms with Crippen LogP contribution in [0.4, 0.5) is 0 Å². The van der Waals surface area contributed by atoms with Crippen molar-refractivity contribution in [1.29, 1.82) is 0 Å². The third-order valence-corrected chi connectivity index (χ3v) is 11.5. The molecule has 0 aliphatic heterocycles. The number of hydrogen-bond acceptors (Lipinski definition) is 6. The second kappa shape index (κ2) is 47.8. The van der Waals surface area contributed by atoms with E-state index in [1.165, 1.54) is 180 Å². The number of carbonyl (C=O) groups excluding carboxylic acids is 3. The van der Waals surface area contributed by atoms with Gasteiger partial charge in [0.25, 0.3) is 0 Å². The van der Waals surface area contributed by atoms with Crippen LogP contribution in [0.25, 0.3) is 0 Å². The number of carbonyl (C=O) groups is 3. The first-order valence-electron chi connectivity index (χ1n) is 25.7. The molecule has 0 aromatic rings. The van der Waals surface area contributed by atoms with E-state index in [0.29, 0.717) is 19.3 Å². The van der Waals surface area contributed by atoms with Crippen LogP contribution in [-0.2, 0) is 28.6 Å². The van der Waals surface area contributed by atoms with E-state index < -0.39 is 6.10 Å². The maximum atomic E-state index is 12.8. The molecule has 0 spiro atoms. The molecule has 342 valence electrons. The van der Waals surface area contributed by atoms with Crippen LogP contribution >= 0.6 is 0 Å². The Morgan fingerprint density at radius 1 is 0.328 bits per heavy atom. The highest BCUT2D eigenvalue weighted by molar-refractivity contribution is 5.71. The van der Waals surface area contributed by atoms with Gasteiger partial charge in [-0.3, -0.25) is 14.4 Å². The smallest absolute Gasteiger partial charge is 0.306 e. The summed E-state index contributed by atoms with van der Waals surface area (Å²) in [6.07, 6.45) is 51.9. The third kappa shape index (κ3) is 45.2. The zero-order valence-electron chi connectivity index (χ0n) is 39.1. The van der Waals surface area contributed by atoms with Gasteiger partial charge in [-0.1, -0.05) is 232 Å². The molecule has 0 heterocycles. The van der Waals surface area contributed by atoms with Crippen molar-refractivity contribution >= 4 is 17.9 Å². The summed E-state index contributed by atoms with van der Waals surface area (Å²) in [7, 11) is 0. The molecule has 6 heteroatoms. The van der Waals surface area contributed by atoms with Crippen LogP contribution in [0.3, 0.4) is 0 Å². The second-order valence-electron chi connectivity index (χ2n) is 17.4. The molecule has 0 aliphatic carbocycles. The predicted octanol–water partition coefficient (Wildman–Crippen LogP) is 16.6. The van der Waals surface area contributed by atoms with E-state index in [4.69, 9.17) is 14.2 Å². The molecule has 1 atom stereocenters. The van der Waals surface area contributed by atoms with Crippen LogP contribution in [0.1, 0.15) is 284 Å². The fourth-order valence-electron chi connectivity index (χ4n) is 7.61. The van der Waals surface area contributed by atoms with Crippen molar-refractivity contribution in [2.24, 2.45) is 0 Å². The van der Waals surface area contributed by atoms with E-state index in [-0.39, 0.29) is 31.1 Å². The molecule has 0 rings (SSSR count). The number of allylic oxidation sites excluding steroid dienone is 2. The fraction of sp³-hybridized carbons (Fsp3) is 0.904. The van der Waals surface area contributed by atoms with Crippen LogP contribution < -0.4 is 0 Å². The van der Waals surface area contributed by atoms with Crippen molar-refractivity contribution in [3.05, 3.63) is 12.2 Å². The van der Waals surface area contributed by atoms with Gasteiger partial charge in [0, 0.05) is 19.3 Å². The van der Waals surface area contributed by atoms with Crippen molar-refractivity contribution in [3.8, 4) is 0 Å². The van der Waals surface area contributed by atoms with Crippen molar-refractivity contribution in [2.75, 3.05) is 13.2 Å². The van der Waals surface area contributed by atoms with Crippen molar-refractivity contribution in [2.45, 2.75) is 290 Å². The zero-order chi connectivity index (χ0) is 42.3. The van der Waals surface area contributed by atoms with Gasteiger partial charge in [-0.25, -0.2) is 0 Å². The van der Waals surface area contributed by atoms with E-state index in [1.807, 2.05) is 0 Å². The summed E-state index contributed by atoms with van der Waals surface area (Å²) in [5.41, 5.74) is 0. The van der Waals surface area contributed by atoms with Gasteiger partial charge in [-0.2, -0.15) is 0 Å². The van der Waals surface area contributed by atoms with Crippen molar-refractivity contribution in [3.63, 3.8) is 0 Å². The van der Waals surface area contributed by atoms with E-state index in [1.54, 1.807) is 0 Å². The van der Waals surface area contributed by atoms with Crippen LogP contribution in [-0.4, -0.2) is 37.2 Å². The Hall–Kier alpha value is -1.85. The molecule has 0 radical (unpaired) electrons. The number of hydrogen-bond donors (Lipinski definition) is 0. The molecule has 0 fully saturated rings. The van der Waals surface area contributed by atoms with Crippen molar-refractivity contribution in [1.82, 2.24) is 0 Å². The Bertz CT molecular complexity index is 900. The van der Waals surface area contributed by atoms with Gasteiger partial charge in [-0.05, 0) is 44.9 Å². The monoisotopic (exact) mass is 819 g/mol. The maximum absolute atomic E-state index is 12.8. The lowest BCUT2D eigenvalue weighted by Gasteiger charge is -2.18. The number of unbranched alkanes of at least 4 members (excludes halogenated alkanes) is 34. The molecular weight excluding hydrogens is 721 g/mol. The fourth-order valence-corrected chi connectivity index (χ4v) is 7.61. The number of rotatable bonds is 47. The molecule has 0 aromatic heterocycles. The van der Waals surface area contributed by atoms with E-state index in [9.17, 15) is 14.4 Å². The Kier molecular flexibility index (Phi) is 46.3. The van der Waals surface area contributed by atoms with E-state index >= 15 is 0 Å². The summed E-state index contributed by atoms with van der Waals surface area (Å²) in [6, 6.07) is 0. The van der Waals surface area contributed by atoms with Crippen LogP contribution in [0.2, 0.25) is 0 Å². The lowest BCUT2D eigenvalue weighted by Crippen LogP contribution is -2.30. The molecule has 58 heavy (non-hydrogen) atoms. The first-order valence-corrected chi connectivity index (χ1v) is 25.7. The lowest BCUT2D eigenvalue weighted by atomic mass is 10.0. The predicted molar refractivity (Wildman–Crippen MR) is 247 cm³/mol. The van der Waals surface area contributed by atoms with Gasteiger partial charge >= 0.3 is 17.9 Å². The van der Waals surface area contributed by atoms with Gasteiger partial charge in [0.2, 0.25) is 0 Å². The lowest BCUT2D eigenvalue weighted by molar-refractivity contribution is -0.167. The summed E-state index contributed by atoms with van der Waals surface area (Å²) in [4.78, 5) is 37.9. The average molecular weight is 819 g/mol. The minimum absolute atomic E-state index is 0.0673. The Labute approximate surface area is 360 Å². The number of ether oxygens (including phenoxy) is 3. The van der Waals surface area contributed by atoms with Gasteiger partial charge in [0.1, 0.15) is 13.2 Å². The summed E-state index contributed by atoms with van der Waals surface area (Å²) < 4.78 is 16.8. The molecule has 0 amide bonds. The van der Waals surface area contributed by atoms with Gasteiger partial charge in [0.15, 0.2) is 6.10 Å². The molecule has 0 saturated heterocycles. The molecular formula is C52H98O6. The largest absolute Gasteiger partial charge is 0.462 e. The highest BCUT2D eigenvalue weighted by Gasteiger charge is 2.19. The maximum Gasteiger partial charge on any atom is 0.306 e. The Morgan fingerprint density at radius 2 is 0.569 bits per heavy atom. The molecule has 0 saturated carbocycles. The summed E-state index contributed by atoms with van der Waals surface area (Å²) in [5.74, 6) is -0.861. The van der Waals surface area contributed by atoms with Gasteiger partial charge in [-0.15, -0.1) is 0 Å². The molecule has 0 aromatic carbocycles. The molecule has 0 unspecified atom stereocenters. The van der Waals surface area contributed by atoms with Crippen LogP contribution in [0.15, 0.2) is 12.2 Å². The second-order valence-corrected chi connectivity index (χ2v) is 17.4. The highest BCUT2D eigenvalue weighted by atomic mass is 16.6. The van der Waals surface area contributed by atoms with Crippen LogP contribution in [0, 0.1) is 0 Å². The quantitative estimate of drug-likeness (QED) is 0.0263. The summed E-state index contributed by atoms with van der Waals surface area (Å²) in [6.45, 7) is 6.65. The van der Waals surface area contributed by atoms with Gasteiger partial charge < -0.3 is 14.2 Å². The van der Waals surface area contributed by atoms with Gasteiger partial charge in [0.05, 0.1) is 0 Å². The molecule has 6 nitrogen and oxygen atoms in total. The molecule has 0 bridgehead atoms. The summed E-state index contributed by atoms with van der Waals surface area (Å²) >= 11 is 0. The third-order valence-electron chi connectivity index (χ3n) is 11.5. The SMILES string of the molecule is CCCCCCCC/C=C\CCCCCCCC(=O)OC[C@@H](COC(=O)CCCCCCCCCCCCCC)OC(=O)CCCCCCCCCCCCCCC. The van der Waals surface area contributed by atoms with E-state index in [0.717, 1.165) is 64.2 Å². The normalized spacial score (nSPS) is 12.0. The zero-order valence-corrected chi connectivity index (χ0v) is 39.1.